The van der Waals surface area contributed by atoms with Crippen molar-refractivity contribution in [2.75, 3.05) is 25.5 Å². The second kappa shape index (κ2) is 7.74. The van der Waals surface area contributed by atoms with Crippen LogP contribution in [0.25, 0.3) is 0 Å². The maximum absolute atomic E-state index is 11.8. The summed E-state index contributed by atoms with van der Waals surface area (Å²) in [6.07, 6.45) is 2.58. The van der Waals surface area contributed by atoms with Gasteiger partial charge >= 0.3 is 0 Å². The van der Waals surface area contributed by atoms with E-state index in [0.717, 1.165) is 6.42 Å². The van der Waals surface area contributed by atoms with Gasteiger partial charge < -0.3 is 15.8 Å². The van der Waals surface area contributed by atoms with Crippen molar-refractivity contribution < 1.29 is 9.53 Å². The van der Waals surface area contributed by atoms with Crippen molar-refractivity contribution in [3.8, 4) is 0 Å². The molecule has 0 saturated heterocycles. The molecule has 0 unspecified atom stereocenters. The first-order valence-corrected chi connectivity index (χ1v) is 6.05. The van der Waals surface area contributed by atoms with Crippen molar-refractivity contribution in [2.45, 2.75) is 6.42 Å². The summed E-state index contributed by atoms with van der Waals surface area (Å²) in [4.78, 5) is 11.8. The third kappa shape index (κ3) is 4.39. The lowest BCUT2D eigenvalue weighted by atomic mass is 10.2. The number of rotatable bonds is 7. The Labute approximate surface area is 112 Å². The molecule has 1 aromatic rings. The van der Waals surface area contributed by atoms with Gasteiger partial charge in [-0.3, -0.25) is 4.79 Å². The maximum atomic E-state index is 11.8. The van der Waals surface area contributed by atoms with Crippen molar-refractivity contribution in [1.82, 2.24) is 5.32 Å². The molecule has 0 atom stereocenters. The van der Waals surface area contributed by atoms with Crippen LogP contribution in [0.4, 0.5) is 5.69 Å². The normalized spacial score (nSPS) is 10.1. The fourth-order valence-electron chi connectivity index (χ4n) is 1.33. The summed E-state index contributed by atoms with van der Waals surface area (Å²) in [6, 6.07) is 4.97. The molecule has 1 amide bonds. The average molecular weight is 269 g/mol. The SMILES string of the molecule is C=CCCOCCNC(=O)c1cccc(N)c1Cl. The quantitative estimate of drug-likeness (QED) is 0.453. The van der Waals surface area contributed by atoms with Crippen molar-refractivity contribution in [1.29, 1.82) is 0 Å². The topological polar surface area (TPSA) is 64.3 Å². The summed E-state index contributed by atoms with van der Waals surface area (Å²) in [5.74, 6) is -0.250. The molecule has 5 heteroatoms. The molecule has 0 spiro atoms. The van der Waals surface area contributed by atoms with Crippen molar-refractivity contribution in [3.05, 3.63) is 41.4 Å². The van der Waals surface area contributed by atoms with Gasteiger partial charge in [0.05, 0.1) is 29.5 Å². The van der Waals surface area contributed by atoms with Gasteiger partial charge in [-0.25, -0.2) is 0 Å². The van der Waals surface area contributed by atoms with Crippen LogP contribution in [0.15, 0.2) is 30.9 Å². The van der Waals surface area contributed by atoms with Gasteiger partial charge in [0.2, 0.25) is 0 Å². The van der Waals surface area contributed by atoms with Gasteiger partial charge in [-0.15, -0.1) is 6.58 Å². The minimum Gasteiger partial charge on any atom is -0.398 e. The summed E-state index contributed by atoms with van der Waals surface area (Å²) >= 11 is 5.94. The zero-order valence-corrected chi connectivity index (χ0v) is 10.9. The largest absolute Gasteiger partial charge is 0.398 e. The Kier molecular flexibility index (Phi) is 6.25. The van der Waals surface area contributed by atoms with Crippen molar-refractivity contribution in [3.63, 3.8) is 0 Å². The van der Waals surface area contributed by atoms with Crippen LogP contribution in [0.1, 0.15) is 16.8 Å². The Morgan fingerprint density at radius 3 is 3.00 bits per heavy atom. The standard InChI is InChI=1S/C13H17ClN2O2/c1-2-3-8-18-9-7-16-13(17)10-5-4-6-11(15)12(10)14/h2,4-6H,1,3,7-9,15H2,(H,16,17). The number of nitrogens with one attached hydrogen (secondary N) is 1. The van der Waals surface area contributed by atoms with Gasteiger partial charge in [0, 0.05) is 6.54 Å². The third-order valence-corrected chi connectivity index (χ3v) is 2.69. The van der Waals surface area contributed by atoms with Crippen LogP contribution in [-0.4, -0.2) is 25.7 Å². The number of ether oxygens (including phenoxy) is 1. The number of hydrogen-bond acceptors (Lipinski definition) is 3. The number of carbonyl (C=O) groups is 1. The lowest BCUT2D eigenvalue weighted by molar-refractivity contribution is 0.0918. The fourth-order valence-corrected chi connectivity index (χ4v) is 1.54. The second-order valence-corrected chi connectivity index (χ2v) is 4.03. The molecule has 1 rings (SSSR count). The number of nitrogen functional groups attached to an aromatic ring is 1. The van der Waals surface area contributed by atoms with E-state index in [0.29, 0.717) is 31.0 Å². The summed E-state index contributed by atoms with van der Waals surface area (Å²) in [5, 5.41) is 2.99. The molecule has 0 fully saturated rings. The summed E-state index contributed by atoms with van der Waals surface area (Å²) in [5.41, 5.74) is 6.39. The van der Waals surface area contributed by atoms with E-state index in [1.807, 2.05) is 0 Å². The smallest absolute Gasteiger partial charge is 0.252 e. The van der Waals surface area contributed by atoms with Crippen LogP contribution in [0.5, 0.6) is 0 Å². The lowest BCUT2D eigenvalue weighted by Crippen LogP contribution is -2.27. The molecule has 0 bridgehead atoms. The Bertz CT molecular complexity index is 421. The van der Waals surface area contributed by atoms with Gasteiger partial charge in [0.25, 0.3) is 5.91 Å². The molecular formula is C13H17ClN2O2. The van der Waals surface area contributed by atoms with E-state index in [1.165, 1.54) is 0 Å². The van der Waals surface area contributed by atoms with Gasteiger partial charge in [0.15, 0.2) is 0 Å². The van der Waals surface area contributed by atoms with E-state index < -0.39 is 0 Å². The number of hydrogen-bond donors (Lipinski definition) is 2. The zero-order valence-electron chi connectivity index (χ0n) is 10.1. The minimum absolute atomic E-state index is 0.250. The van der Waals surface area contributed by atoms with Crippen molar-refractivity contribution >= 4 is 23.2 Å². The fraction of sp³-hybridized carbons (Fsp3) is 0.308. The Balaban J connectivity index is 2.37. The highest BCUT2D eigenvalue weighted by atomic mass is 35.5. The average Bonchev–Trinajstić information content (AvgIpc) is 2.36. The molecule has 0 aliphatic heterocycles. The Morgan fingerprint density at radius 1 is 1.50 bits per heavy atom. The molecule has 0 aliphatic carbocycles. The van der Waals surface area contributed by atoms with Gasteiger partial charge in [-0.05, 0) is 18.6 Å². The molecule has 98 valence electrons. The molecule has 1 aromatic carbocycles. The molecule has 3 N–H and O–H groups in total. The van der Waals surface area contributed by atoms with E-state index >= 15 is 0 Å². The van der Waals surface area contributed by atoms with E-state index in [2.05, 4.69) is 11.9 Å². The predicted octanol–water partition coefficient (Wildman–Crippen LogP) is 2.24. The minimum atomic E-state index is -0.250. The highest BCUT2D eigenvalue weighted by Crippen LogP contribution is 2.22. The summed E-state index contributed by atoms with van der Waals surface area (Å²) in [6.45, 7) is 5.09. The summed E-state index contributed by atoms with van der Waals surface area (Å²) in [7, 11) is 0. The van der Waals surface area contributed by atoms with Crippen LogP contribution in [-0.2, 0) is 4.74 Å². The Morgan fingerprint density at radius 2 is 2.28 bits per heavy atom. The van der Waals surface area contributed by atoms with Gasteiger partial charge in [-0.1, -0.05) is 23.7 Å². The van der Waals surface area contributed by atoms with Crippen LogP contribution in [0.2, 0.25) is 5.02 Å². The molecule has 0 saturated carbocycles. The third-order valence-electron chi connectivity index (χ3n) is 2.27. The molecule has 0 heterocycles. The van der Waals surface area contributed by atoms with Gasteiger partial charge in [-0.2, -0.15) is 0 Å². The number of carbonyl (C=O) groups excluding carboxylic acids is 1. The number of amides is 1. The van der Waals surface area contributed by atoms with E-state index in [-0.39, 0.29) is 10.9 Å². The van der Waals surface area contributed by atoms with E-state index in [4.69, 9.17) is 22.1 Å². The van der Waals surface area contributed by atoms with E-state index in [1.54, 1.807) is 24.3 Å². The second-order valence-electron chi connectivity index (χ2n) is 3.65. The zero-order chi connectivity index (χ0) is 13.4. The first-order chi connectivity index (χ1) is 8.66. The van der Waals surface area contributed by atoms with Crippen molar-refractivity contribution in [2.24, 2.45) is 0 Å². The first-order valence-electron chi connectivity index (χ1n) is 5.67. The van der Waals surface area contributed by atoms with Crippen LogP contribution >= 0.6 is 11.6 Å². The summed E-state index contributed by atoms with van der Waals surface area (Å²) < 4.78 is 5.27. The number of nitrogens with two attached hydrogens (primary N) is 1. The van der Waals surface area contributed by atoms with Crippen LogP contribution in [0, 0.1) is 0 Å². The number of anilines is 1. The van der Waals surface area contributed by atoms with Crippen LogP contribution in [0.3, 0.4) is 0 Å². The monoisotopic (exact) mass is 268 g/mol. The highest BCUT2D eigenvalue weighted by molar-refractivity contribution is 6.36. The number of benzene rings is 1. The van der Waals surface area contributed by atoms with Crippen LogP contribution < -0.4 is 11.1 Å². The molecular weight excluding hydrogens is 252 g/mol. The van der Waals surface area contributed by atoms with E-state index in [9.17, 15) is 4.79 Å². The molecule has 0 aromatic heterocycles. The highest BCUT2D eigenvalue weighted by Gasteiger charge is 2.11. The molecule has 4 nitrogen and oxygen atoms in total. The number of halogens is 1. The molecule has 18 heavy (non-hydrogen) atoms. The van der Waals surface area contributed by atoms with Gasteiger partial charge in [0.1, 0.15) is 0 Å². The first kappa shape index (κ1) is 14.5. The molecule has 0 radical (unpaired) electrons. The lowest BCUT2D eigenvalue weighted by Gasteiger charge is -2.08. The molecule has 0 aliphatic rings. The predicted molar refractivity (Wildman–Crippen MR) is 73.8 cm³/mol. The maximum Gasteiger partial charge on any atom is 0.252 e. The Hall–Kier alpha value is -1.52.